The summed E-state index contributed by atoms with van der Waals surface area (Å²) in [6.07, 6.45) is 0. The average molecular weight is 401 g/mol. The molecule has 0 unspecified atom stereocenters. The van der Waals surface area contributed by atoms with E-state index in [9.17, 15) is 0 Å². The predicted molar refractivity (Wildman–Crippen MR) is 133 cm³/mol. The number of anilines is 2. The fraction of sp³-hybridized carbons (Fsp3) is 0.357. The highest BCUT2D eigenvalue weighted by Gasteiger charge is 2.21. The Kier molecular flexibility index (Phi) is 5.99. The van der Waals surface area contributed by atoms with E-state index in [4.69, 9.17) is 11.5 Å². The van der Waals surface area contributed by atoms with Crippen molar-refractivity contribution in [3.63, 3.8) is 0 Å². The Balaban J connectivity index is 2.45. The second-order valence-corrected chi connectivity index (χ2v) is 9.40. The SMILES string of the molecule is Cc1cc(N)cc(C)c1-c1cc(-c2c(C)cc(N)cc2C)c(C(C)C)cc1C(C)C. The lowest BCUT2D eigenvalue weighted by Gasteiger charge is -2.24. The molecule has 0 aliphatic rings. The molecule has 30 heavy (non-hydrogen) atoms. The minimum atomic E-state index is 0.427. The lowest BCUT2D eigenvalue weighted by molar-refractivity contribution is 0.836. The van der Waals surface area contributed by atoms with Crippen molar-refractivity contribution in [2.75, 3.05) is 11.5 Å². The molecule has 0 aliphatic carbocycles. The van der Waals surface area contributed by atoms with Crippen molar-refractivity contribution in [3.05, 3.63) is 69.8 Å². The first-order valence-corrected chi connectivity index (χ1v) is 10.9. The Morgan fingerprint density at radius 2 is 0.800 bits per heavy atom. The van der Waals surface area contributed by atoms with Gasteiger partial charge in [0.1, 0.15) is 0 Å². The first-order chi connectivity index (χ1) is 14.0. The van der Waals surface area contributed by atoms with E-state index in [1.165, 1.54) is 55.6 Å². The average Bonchev–Trinajstić information content (AvgIpc) is 2.59. The monoisotopic (exact) mass is 400 g/mol. The van der Waals surface area contributed by atoms with Crippen LogP contribution in [0.4, 0.5) is 11.4 Å². The van der Waals surface area contributed by atoms with Gasteiger partial charge in [-0.05, 0) is 125 Å². The molecule has 2 heteroatoms. The van der Waals surface area contributed by atoms with Gasteiger partial charge >= 0.3 is 0 Å². The summed E-state index contributed by atoms with van der Waals surface area (Å²) in [6.45, 7) is 17.8. The predicted octanol–water partition coefficient (Wildman–Crippen LogP) is 7.67. The molecule has 0 bridgehead atoms. The number of nitrogen functional groups attached to an aromatic ring is 2. The summed E-state index contributed by atoms with van der Waals surface area (Å²) in [4.78, 5) is 0. The molecule has 0 fully saturated rings. The smallest absolute Gasteiger partial charge is 0.0319 e. The van der Waals surface area contributed by atoms with Gasteiger partial charge in [0.25, 0.3) is 0 Å². The topological polar surface area (TPSA) is 52.0 Å². The molecule has 0 aliphatic heterocycles. The Labute approximate surface area is 182 Å². The highest BCUT2D eigenvalue weighted by atomic mass is 14.5. The molecule has 0 aromatic heterocycles. The van der Waals surface area contributed by atoms with E-state index in [0.29, 0.717) is 11.8 Å². The van der Waals surface area contributed by atoms with Crippen molar-refractivity contribution in [1.82, 2.24) is 0 Å². The van der Waals surface area contributed by atoms with Gasteiger partial charge in [-0.15, -0.1) is 0 Å². The van der Waals surface area contributed by atoms with E-state index in [1.54, 1.807) is 0 Å². The molecule has 3 rings (SSSR count). The van der Waals surface area contributed by atoms with E-state index < -0.39 is 0 Å². The molecule has 0 saturated carbocycles. The summed E-state index contributed by atoms with van der Waals surface area (Å²) in [6, 6.07) is 13.2. The summed E-state index contributed by atoms with van der Waals surface area (Å²) in [7, 11) is 0. The fourth-order valence-electron chi connectivity index (χ4n) is 4.87. The van der Waals surface area contributed by atoms with Crippen LogP contribution in [-0.4, -0.2) is 0 Å². The molecule has 2 nitrogen and oxygen atoms in total. The third kappa shape index (κ3) is 3.96. The van der Waals surface area contributed by atoms with E-state index in [-0.39, 0.29) is 0 Å². The van der Waals surface area contributed by atoms with Crippen molar-refractivity contribution in [1.29, 1.82) is 0 Å². The van der Waals surface area contributed by atoms with Crippen molar-refractivity contribution in [2.45, 2.75) is 67.2 Å². The van der Waals surface area contributed by atoms with Gasteiger partial charge in [-0.3, -0.25) is 0 Å². The highest BCUT2D eigenvalue weighted by Crippen LogP contribution is 2.43. The van der Waals surface area contributed by atoms with Gasteiger partial charge in [-0.2, -0.15) is 0 Å². The standard InChI is InChI=1S/C28H36N2/c1-15(2)23-13-24(16(3)4)26(28-19(7)11-22(30)12-20(28)8)14-25(23)27-17(5)9-21(29)10-18(27)6/h9-16H,29-30H2,1-8H3. The molecule has 0 saturated heterocycles. The van der Waals surface area contributed by atoms with Crippen molar-refractivity contribution in [3.8, 4) is 22.3 Å². The number of nitrogens with two attached hydrogens (primary N) is 2. The Morgan fingerprint density at radius 3 is 1.07 bits per heavy atom. The lowest BCUT2D eigenvalue weighted by atomic mass is 9.80. The maximum absolute atomic E-state index is 6.13. The van der Waals surface area contributed by atoms with Gasteiger partial charge in [0.05, 0.1) is 0 Å². The van der Waals surface area contributed by atoms with Crippen LogP contribution in [0.2, 0.25) is 0 Å². The molecule has 0 heterocycles. The molecule has 0 spiro atoms. The minimum absolute atomic E-state index is 0.427. The van der Waals surface area contributed by atoms with Gasteiger partial charge in [0.2, 0.25) is 0 Å². The molecule has 0 radical (unpaired) electrons. The van der Waals surface area contributed by atoms with Crippen LogP contribution < -0.4 is 11.5 Å². The van der Waals surface area contributed by atoms with Crippen LogP contribution in [0.15, 0.2) is 36.4 Å². The maximum atomic E-state index is 6.13. The number of benzene rings is 3. The molecule has 0 amide bonds. The van der Waals surface area contributed by atoms with Crippen LogP contribution in [-0.2, 0) is 0 Å². The normalized spacial score (nSPS) is 11.5. The Morgan fingerprint density at radius 1 is 0.500 bits per heavy atom. The maximum Gasteiger partial charge on any atom is 0.0319 e. The van der Waals surface area contributed by atoms with Gasteiger partial charge in [-0.1, -0.05) is 33.8 Å². The van der Waals surface area contributed by atoms with Crippen LogP contribution in [0.3, 0.4) is 0 Å². The zero-order chi connectivity index (χ0) is 22.3. The molecule has 0 atom stereocenters. The number of rotatable bonds is 4. The van der Waals surface area contributed by atoms with Crippen molar-refractivity contribution >= 4 is 11.4 Å². The molecular weight excluding hydrogens is 364 g/mol. The van der Waals surface area contributed by atoms with Crippen molar-refractivity contribution < 1.29 is 0 Å². The number of hydrogen-bond acceptors (Lipinski definition) is 2. The Hall–Kier alpha value is -2.74. The van der Waals surface area contributed by atoms with Gasteiger partial charge in [-0.25, -0.2) is 0 Å². The lowest BCUT2D eigenvalue weighted by Crippen LogP contribution is -2.04. The zero-order valence-electron chi connectivity index (χ0n) is 19.8. The third-order valence-electron chi connectivity index (χ3n) is 6.11. The quantitative estimate of drug-likeness (QED) is 0.441. The number of aryl methyl sites for hydroxylation is 4. The zero-order valence-corrected chi connectivity index (χ0v) is 19.8. The summed E-state index contributed by atoms with van der Waals surface area (Å²) in [5, 5.41) is 0. The first kappa shape index (κ1) is 22.0. The summed E-state index contributed by atoms with van der Waals surface area (Å²) < 4.78 is 0. The van der Waals surface area contributed by atoms with Crippen LogP contribution in [0.5, 0.6) is 0 Å². The van der Waals surface area contributed by atoms with Crippen molar-refractivity contribution in [2.24, 2.45) is 0 Å². The largest absolute Gasteiger partial charge is 0.399 e. The van der Waals surface area contributed by atoms with Crippen LogP contribution in [0.1, 0.15) is 72.9 Å². The number of hydrogen-bond donors (Lipinski definition) is 2. The van der Waals surface area contributed by atoms with Gasteiger partial charge in [0.15, 0.2) is 0 Å². The van der Waals surface area contributed by atoms with Crippen LogP contribution in [0.25, 0.3) is 22.3 Å². The Bertz CT molecular complexity index is 973. The van der Waals surface area contributed by atoms with Crippen LogP contribution in [0, 0.1) is 27.7 Å². The second-order valence-electron chi connectivity index (χ2n) is 9.40. The molecule has 3 aromatic rings. The van der Waals surface area contributed by atoms with E-state index in [1.807, 2.05) is 0 Å². The van der Waals surface area contributed by atoms with E-state index >= 15 is 0 Å². The second kappa shape index (κ2) is 8.18. The summed E-state index contributed by atoms with van der Waals surface area (Å²) >= 11 is 0. The molecular formula is C28H36N2. The van der Waals surface area contributed by atoms with E-state index in [0.717, 1.165) is 11.4 Å². The summed E-state index contributed by atoms with van der Waals surface area (Å²) in [5.41, 5.74) is 26.8. The highest BCUT2D eigenvalue weighted by molar-refractivity contribution is 5.85. The van der Waals surface area contributed by atoms with Gasteiger partial charge < -0.3 is 11.5 Å². The summed E-state index contributed by atoms with van der Waals surface area (Å²) in [5.74, 6) is 0.855. The van der Waals surface area contributed by atoms with E-state index in [2.05, 4.69) is 91.8 Å². The molecule has 158 valence electrons. The molecule has 4 N–H and O–H groups in total. The third-order valence-corrected chi connectivity index (χ3v) is 6.11. The van der Waals surface area contributed by atoms with Crippen LogP contribution >= 0.6 is 0 Å². The molecule has 3 aromatic carbocycles. The minimum Gasteiger partial charge on any atom is -0.399 e. The fourth-order valence-corrected chi connectivity index (χ4v) is 4.87. The van der Waals surface area contributed by atoms with Gasteiger partial charge in [0, 0.05) is 11.4 Å². The first-order valence-electron chi connectivity index (χ1n) is 10.9.